The SMILES string of the molecule is CC(CC(=O)Nc1cccnc1Cl)NCCc1ccc(CO)cc1. The van der Waals surface area contributed by atoms with Gasteiger partial charge in [0.1, 0.15) is 0 Å². The van der Waals surface area contributed by atoms with Gasteiger partial charge in [0, 0.05) is 18.7 Å². The van der Waals surface area contributed by atoms with Crippen molar-refractivity contribution in [2.45, 2.75) is 32.4 Å². The first-order chi connectivity index (χ1) is 11.6. The van der Waals surface area contributed by atoms with Gasteiger partial charge < -0.3 is 15.7 Å². The molecule has 0 saturated heterocycles. The first kappa shape index (κ1) is 18.4. The summed E-state index contributed by atoms with van der Waals surface area (Å²) in [6.45, 7) is 2.81. The van der Waals surface area contributed by atoms with Crippen molar-refractivity contribution in [2.75, 3.05) is 11.9 Å². The van der Waals surface area contributed by atoms with Crippen LogP contribution in [0.15, 0.2) is 42.6 Å². The smallest absolute Gasteiger partial charge is 0.226 e. The lowest BCUT2D eigenvalue weighted by Gasteiger charge is -2.14. The van der Waals surface area contributed by atoms with Gasteiger partial charge in [-0.1, -0.05) is 35.9 Å². The van der Waals surface area contributed by atoms with E-state index in [-0.39, 0.29) is 23.7 Å². The predicted molar refractivity (Wildman–Crippen MR) is 96.0 cm³/mol. The molecule has 0 aliphatic rings. The number of aliphatic hydroxyl groups excluding tert-OH is 1. The number of rotatable bonds is 8. The third kappa shape index (κ3) is 5.92. The van der Waals surface area contributed by atoms with E-state index in [0.717, 1.165) is 18.5 Å². The molecule has 5 nitrogen and oxygen atoms in total. The maximum atomic E-state index is 12.0. The molecular weight excluding hydrogens is 326 g/mol. The Morgan fingerprint density at radius 2 is 1.96 bits per heavy atom. The fourth-order valence-corrected chi connectivity index (χ4v) is 2.47. The lowest BCUT2D eigenvalue weighted by Crippen LogP contribution is -2.32. The van der Waals surface area contributed by atoms with Crippen molar-refractivity contribution in [3.8, 4) is 0 Å². The Bertz CT molecular complexity index is 662. The minimum atomic E-state index is -0.0998. The number of carbonyl (C=O) groups is 1. The summed E-state index contributed by atoms with van der Waals surface area (Å²) in [6, 6.07) is 11.4. The van der Waals surface area contributed by atoms with Crippen molar-refractivity contribution in [1.29, 1.82) is 0 Å². The van der Waals surface area contributed by atoms with Gasteiger partial charge >= 0.3 is 0 Å². The number of amides is 1. The Labute approximate surface area is 147 Å². The third-order valence-electron chi connectivity index (χ3n) is 3.64. The number of nitrogens with one attached hydrogen (secondary N) is 2. The van der Waals surface area contributed by atoms with E-state index >= 15 is 0 Å². The topological polar surface area (TPSA) is 74.2 Å². The van der Waals surface area contributed by atoms with Crippen molar-refractivity contribution < 1.29 is 9.90 Å². The molecule has 1 aromatic heterocycles. The van der Waals surface area contributed by atoms with E-state index in [0.29, 0.717) is 12.1 Å². The van der Waals surface area contributed by atoms with Crippen LogP contribution in [-0.2, 0) is 17.8 Å². The van der Waals surface area contributed by atoms with E-state index in [1.807, 2.05) is 31.2 Å². The largest absolute Gasteiger partial charge is 0.392 e. The average molecular weight is 348 g/mol. The number of aliphatic hydroxyl groups is 1. The van der Waals surface area contributed by atoms with E-state index in [1.165, 1.54) is 5.56 Å². The maximum Gasteiger partial charge on any atom is 0.226 e. The minimum absolute atomic E-state index is 0.0529. The summed E-state index contributed by atoms with van der Waals surface area (Å²) in [6.07, 6.45) is 2.80. The van der Waals surface area contributed by atoms with Crippen molar-refractivity contribution in [3.05, 3.63) is 58.9 Å². The number of benzene rings is 1. The number of nitrogens with zero attached hydrogens (tertiary/aromatic N) is 1. The quantitative estimate of drug-likeness (QED) is 0.642. The Kier molecular flexibility index (Phi) is 7.18. The highest BCUT2D eigenvalue weighted by Gasteiger charge is 2.10. The first-order valence-corrected chi connectivity index (χ1v) is 8.28. The van der Waals surface area contributed by atoms with Crippen LogP contribution >= 0.6 is 11.6 Å². The summed E-state index contributed by atoms with van der Waals surface area (Å²) in [4.78, 5) is 15.9. The number of hydrogen-bond donors (Lipinski definition) is 3. The van der Waals surface area contributed by atoms with E-state index in [4.69, 9.17) is 16.7 Å². The van der Waals surface area contributed by atoms with Gasteiger partial charge in [0.15, 0.2) is 5.15 Å². The normalized spacial score (nSPS) is 12.0. The van der Waals surface area contributed by atoms with Gasteiger partial charge in [0.25, 0.3) is 0 Å². The van der Waals surface area contributed by atoms with Gasteiger partial charge in [-0.15, -0.1) is 0 Å². The molecule has 0 radical (unpaired) electrons. The molecule has 1 aromatic carbocycles. The molecule has 0 saturated carbocycles. The molecule has 1 atom stereocenters. The number of pyridine rings is 1. The second-order valence-electron chi connectivity index (χ2n) is 5.67. The minimum Gasteiger partial charge on any atom is -0.392 e. The van der Waals surface area contributed by atoms with Gasteiger partial charge in [-0.3, -0.25) is 4.79 Å². The molecule has 24 heavy (non-hydrogen) atoms. The fourth-order valence-electron chi connectivity index (χ4n) is 2.31. The maximum absolute atomic E-state index is 12.0. The van der Waals surface area contributed by atoms with Crippen LogP contribution in [0.2, 0.25) is 5.15 Å². The summed E-state index contributed by atoms with van der Waals surface area (Å²) in [5.74, 6) is -0.0998. The first-order valence-electron chi connectivity index (χ1n) is 7.91. The van der Waals surface area contributed by atoms with Gasteiger partial charge in [-0.25, -0.2) is 4.98 Å². The zero-order chi connectivity index (χ0) is 17.4. The molecule has 0 spiro atoms. The predicted octanol–water partition coefficient (Wildman–Crippen LogP) is 2.78. The average Bonchev–Trinajstić information content (AvgIpc) is 2.57. The molecule has 1 heterocycles. The monoisotopic (exact) mass is 347 g/mol. The van der Waals surface area contributed by atoms with E-state index in [1.54, 1.807) is 18.3 Å². The molecule has 0 bridgehead atoms. The summed E-state index contributed by atoms with van der Waals surface area (Å²) in [7, 11) is 0. The molecule has 2 rings (SSSR count). The Morgan fingerprint density at radius 1 is 1.25 bits per heavy atom. The number of aromatic nitrogens is 1. The lowest BCUT2D eigenvalue weighted by molar-refractivity contribution is -0.116. The molecule has 2 aromatic rings. The van der Waals surface area contributed by atoms with Crippen molar-refractivity contribution in [2.24, 2.45) is 0 Å². The summed E-state index contributed by atoms with van der Waals surface area (Å²) in [5, 5.41) is 15.4. The van der Waals surface area contributed by atoms with Crippen molar-refractivity contribution >= 4 is 23.2 Å². The van der Waals surface area contributed by atoms with Crippen LogP contribution in [-0.4, -0.2) is 28.6 Å². The fraction of sp³-hybridized carbons (Fsp3) is 0.333. The van der Waals surface area contributed by atoms with Crippen LogP contribution in [0, 0.1) is 0 Å². The zero-order valence-electron chi connectivity index (χ0n) is 13.6. The number of hydrogen-bond acceptors (Lipinski definition) is 4. The third-order valence-corrected chi connectivity index (χ3v) is 3.94. The van der Waals surface area contributed by atoms with Crippen LogP contribution in [0.25, 0.3) is 0 Å². The lowest BCUT2D eigenvalue weighted by atomic mass is 10.1. The standard InChI is InChI=1S/C18H22ClN3O2/c1-13(11-17(24)22-16-3-2-9-21-18(16)19)20-10-8-14-4-6-15(12-23)7-5-14/h2-7,9,13,20,23H,8,10-12H2,1H3,(H,22,24). The Balaban J connectivity index is 1.71. The number of halogens is 1. The molecule has 128 valence electrons. The molecule has 0 aliphatic carbocycles. The van der Waals surface area contributed by atoms with Crippen molar-refractivity contribution in [3.63, 3.8) is 0 Å². The van der Waals surface area contributed by atoms with Crippen LogP contribution < -0.4 is 10.6 Å². The van der Waals surface area contributed by atoms with E-state index in [9.17, 15) is 4.79 Å². The van der Waals surface area contributed by atoms with E-state index in [2.05, 4.69) is 15.6 Å². The Hall–Kier alpha value is -1.95. The van der Waals surface area contributed by atoms with Gasteiger partial charge in [0.2, 0.25) is 5.91 Å². The Morgan fingerprint density at radius 3 is 2.62 bits per heavy atom. The van der Waals surface area contributed by atoms with E-state index < -0.39 is 0 Å². The van der Waals surface area contributed by atoms with Crippen LogP contribution in [0.5, 0.6) is 0 Å². The second kappa shape index (κ2) is 9.37. The van der Waals surface area contributed by atoms with Crippen LogP contribution in [0.3, 0.4) is 0 Å². The molecule has 0 aliphatic heterocycles. The molecule has 1 amide bonds. The summed E-state index contributed by atoms with van der Waals surface area (Å²) in [5.41, 5.74) is 2.63. The van der Waals surface area contributed by atoms with Crippen LogP contribution in [0.1, 0.15) is 24.5 Å². The molecule has 3 N–H and O–H groups in total. The van der Waals surface area contributed by atoms with Gasteiger partial charge in [-0.05, 0) is 43.1 Å². The number of anilines is 1. The molecular formula is C18H22ClN3O2. The van der Waals surface area contributed by atoms with Crippen molar-refractivity contribution in [1.82, 2.24) is 10.3 Å². The highest BCUT2D eigenvalue weighted by Crippen LogP contribution is 2.17. The highest BCUT2D eigenvalue weighted by atomic mass is 35.5. The summed E-state index contributed by atoms with van der Waals surface area (Å²) < 4.78 is 0. The molecule has 0 fully saturated rings. The van der Waals surface area contributed by atoms with Crippen LogP contribution in [0.4, 0.5) is 5.69 Å². The zero-order valence-corrected chi connectivity index (χ0v) is 14.4. The highest BCUT2D eigenvalue weighted by molar-refractivity contribution is 6.32. The van der Waals surface area contributed by atoms with Gasteiger partial charge in [-0.2, -0.15) is 0 Å². The van der Waals surface area contributed by atoms with Gasteiger partial charge in [0.05, 0.1) is 12.3 Å². The number of carbonyl (C=O) groups excluding carboxylic acids is 1. The summed E-state index contributed by atoms with van der Waals surface area (Å²) >= 11 is 5.92. The molecule has 6 heteroatoms. The second-order valence-corrected chi connectivity index (χ2v) is 6.03. The molecule has 1 unspecified atom stereocenters.